The summed E-state index contributed by atoms with van der Waals surface area (Å²) >= 11 is 0. The second-order valence-corrected chi connectivity index (χ2v) is 6.31. The molecule has 1 aromatic rings. The third kappa shape index (κ3) is 1.63. The van der Waals surface area contributed by atoms with Crippen LogP contribution in [0.5, 0.6) is 5.75 Å². The summed E-state index contributed by atoms with van der Waals surface area (Å²) in [4.78, 5) is 18.4. The Morgan fingerprint density at radius 2 is 2.19 bits per heavy atom. The van der Waals surface area contributed by atoms with Crippen LogP contribution in [0.15, 0.2) is 29.3 Å². The maximum absolute atomic E-state index is 12.4. The van der Waals surface area contributed by atoms with E-state index in [1.54, 1.807) is 0 Å². The number of nitrogens with zero attached hydrogens (tertiary/aromatic N) is 2. The number of benzene rings is 1. The zero-order valence-corrected chi connectivity index (χ0v) is 12.1. The molecule has 2 N–H and O–H groups in total. The molecule has 2 amide bonds. The van der Waals surface area contributed by atoms with Crippen molar-refractivity contribution in [3.8, 4) is 5.75 Å². The minimum atomic E-state index is -0.630. The smallest absolute Gasteiger partial charge is 0.346 e. The largest absolute Gasteiger partial charge is 0.493 e. The Morgan fingerprint density at radius 1 is 1.43 bits per heavy atom. The Morgan fingerprint density at radius 3 is 2.95 bits per heavy atom. The van der Waals surface area contributed by atoms with Crippen LogP contribution in [0.3, 0.4) is 0 Å². The van der Waals surface area contributed by atoms with Crippen molar-refractivity contribution in [1.29, 1.82) is 0 Å². The van der Waals surface area contributed by atoms with E-state index < -0.39 is 5.54 Å². The molecule has 5 nitrogen and oxygen atoms in total. The average molecular weight is 285 g/mol. The van der Waals surface area contributed by atoms with Gasteiger partial charge in [-0.05, 0) is 24.8 Å². The zero-order chi connectivity index (χ0) is 14.6. The Hall–Kier alpha value is -2.04. The van der Waals surface area contributed by atoms with Gasteiger partial charge in [0.2, 0.25) is 0 Å². The molecule has 2 aliphatic heterocycles. The van der Waals surface area contributed by atoms with E-state index in [0.717, 1.165) is 17.9 Å². The highest BCUT2D eigenvalue weighted by molar-refractivity contribution is 6.07. The molecule has 0 saturated heterocycles. The van der Waals surface area contributed by atoms with Crippen molar-refractivity contribution in [2.75, 3.05) is 13.2 Å². The van der Waals surface area contributed by atoms with Gasteiger partial charge in [-0.2, -0.15) is 4.99 Å². The van der Waals surface area contributed by atoms with Gasteiger partial charge in [-0.3, -0.25) is 0 Å². The summed E-state index contributed by atoms with van der Waals surface area (Å²) < 4.78 is 5.83. The van der Waals surface area contributed by atoms with E-state index in [1.807, 2.05) is 29.2 Å². The molecule has 5 heteroatoms. The molecule has 0 aromatic heterocycles. The molecule has 110 valence electrons. The Balaban J connectivity index is 1.89. The van der Waals surface area contributed by atoms with Gasteiger partial charge in [0.1, 0.15) is 17.1 Å². The van der Waals surface area contributed by atoms with Crippen LogP contribution < -0.4 is 10.5 Å². The lowest BCUT2D eigenvalue weighted by atomic mass is 9.75. The summed E-state index contributed by atoms with van der Waals surface area (Å²) in [6.07, 6.45) is 2.37. The van der Waals surface area contributed by atoms with Crippen LogP contribution in [-0.2, 0) is 5.54 Å². The molecule has 21 heavy (non-hydrogen) atoms. The second-order valence-electron chi connectivity index (χ2n) is 6.31. The van der Waals surface area contributed by atoms with Gasteiger partial charge in [-0.15, -0.1) is 0 Å². The summed E-state index contributed by atoms with van der Waals surface area (Å²) in [6, 6.07) is 7.65. The van der Waals surface area contributed by atoms with Gasteiger partial charge in [0, 0.05) is 18.0 Å². The van der Waals surface area contributed by atoms with Crippen LogP contribution >= 0.6 is 0 Å². The molecule has 4 rings (SSSR count). The molecule has 0 radical (unpaired) electrons. The van der Waals surface area contributed by atoms with Gasteiger partial charge >= 0.3 is 6.03 Å². The second kappa shape index (κ2) is 4.23. The van der Waals surface area contributed by atoms with Crippen molar-refractivity contribution >= 4 is 11.9 Å². The molecule has 2 atom stereocenters. The third-order valence-electron chi connectivity index (χ3n) is 4.90. The van der Waals surface area contributed by atoms with Crippen LogP contribution in [0.2, 0.25) is 0 Å². The summed E-state index contributed by atoms with van der Waals surface area (Å²) in [6.45, 7) is 3.36. The number of urea groups is 1. The standard InChI is InChI=1S/C16H19N3O2/c1-10-9-21-13-5-3-2-4-12(13)16(10)14(17)18-15(20)19(16)8-11-6-7-11/h2-5,10-11H,6-9H2,1H3,(H2,17,18,20). The normalized spacial score (nSPS) is 31.1. The quantitative estimate of drug-likeness (QED) is 0.905. The number of hydrogen-bond acceptors (Lipinski definition) is 3. The number of para-hydroxylation sites is 1. The lowest BCUT2D eigenvalue weighted by Gasteiger charge is -2.46. The van der Waals surface area contributed by atoms with Crippen molar-refractivity contribution in [2.24, 2.45) is 22.6 Å². The van der Waals surface area contributed by atoms with Crippen LogP contribution in [0.25, 0.3) is 0 Å². The van der Waals surface area contributed by atoms with Gasteiger partial charge in [-0.25, -0.2) is 4.79 Å². The van der Waals surface area contributed by atoms with Gasteiger partial charge in [0.05, 0.1) is 6.61 Å². The Bertz CT molecular complexity index is 638. The number of rotatable bonds is 2. The van der Waals surface area contributed by atoms with Crippen LogP contribution in [0.1, 0.15) is 25.3 Å². The molecule has 0 bridgehead atoms. The summed E-state index contributed by atoms with van der Waals surface area (Å²) in [7, 11) is 0. The molecule has 2 heterocycles. The van der Waals surface area contributed by atoms with E-state index in [-0.39, 0.29) is 11.9 Å². The number of carbonyl (C=O) groups is 1. The minimum absolute atomic E-state index is 0.0846. The lowest BCUT2D eigenvalue weighted by Crippen LogP contribution is -2.59. The zero-order valence-electron chi connectivity index (χ0n) is 12.1. The van der Waals surface area contributed by atoms with E-state index in [4.69, 9.17) is 10.5 Å². The first-order valence-electron chi connectivity index (χ1n) is 7.52. The van der Waals surface area contributed by atoms with Crippen molar-refractivity contribution in [3.63, 3.8) is 0 Å². The highest BCUT2D eigenvalue weighted by atomic mass is 16.5. The summed E-state index contributed by atoms with van der Waals surface area (Å²) in [5.74, 6) is 1.90. The average Bonchev–Trinajstić information content (AvgIpc) is 3.25. The van der Waals surface area contributed by atoms with E-state index in [0.29, 0.717) is 18.4 Å². The molecule has 3 aliphatic rings. The number of amides is 2. The number of fused-ring (bicyclic) bond motifs is 2. The van der Waals surface area contributed by atoms with Gasteiger partial charge < -0.3 is 15.4 Å². The SMILES string of the molecule is CC1COc2ccccc2C12C(N)=NC(=O)N2CC1CC1. The number of aliphatic imine (C=N–C) groups is 1. The Labute approximate surface area is 123 Å². The monoisotopic (exact) mass is 285 g/mol. The Kier molecular flexibility index (Phi) is 2.55. The van der Waals surface area contributed by atoms with Crippen molar-refractivity contribution in [2.45, 2.75) is 25.3 Å². The molecule has 2 unspecified atom stereocenters. The first-order chi connectivity index (χ1) is 10.1. The molecule has 1 fully saturated rings. The maximum Gasteiger partial charge on any atom is 0.346 e. The predicted molar refractivity (Wildman–Crippen MR) is 79.2 cm³/mol. The van der Waals surface area contributed by atoms with Crippen molar-refractivity contribution in [3.05, 3.63) is 29.8 Å². The summed E-state index contributed by atoms with van der Waals surface area (Å²) in [5, 5.41) is 0. The number of hydrogen-bond donors (Lipinski definition) is 1. The predicted octanol–water partition coefficient (Wildman–Crippen LogP) is 2.11. The van der Waals surface area contributed by atoms with Gasteiger partial charge in [0.15, 0.2) is 0 Å². The van der Waals surface area contributed by atoms with Crippen molar-refractivity contribution < 1.29 is 9.53 Å². The number of nitrogens with two attached hydrogens (primary N) is 1. The van der Waals surface area contributed by atoms with Crippen LogP contribution in [0, 0.1) is 11.8 Å². The number of amidine groups is 1. The van der Waals surface area contributed by atoms with E-state index in [1.165, 1.54) is 12.8 Å². The molecular formula is C16H19N3O2. The van der Waals surface area contributed by atoms with E-state index in [9.17, 15) is 4.79 Å². The highest BCUT2D eigenvalue weighted by Gasteiger charge is 2.57. The molecule has 1 aliphatic carbocycles. The van der Waals surface area contributed by atoms with E-state index in [2.05, 4.69) is 11.9 Å². The van der Waals surface area contributed by atoms with Gasteiger partial charge in [0.25, 0.3) is 0 Å². The van der Waals surface area contributed by atoms with Crippen LogP contribution in [0.4, 0.5) is 4.79 Å². The summed E-state index contributed by atoms with van der Waals surface area (Å²) in [5.41, 5.74) is 6.60. The first kappa shape index (κ1) is 12.7. The lowest BCUT2D eigenvalue weighted by molar-refractivity contribution is 0.0777. The van der Waals surface area contributed by atoms with Crippen LogP contribution in [-0.4, -0.2) is 29.9 Å². The maximum atomic E-state index is 12.4. The fraction of sp³-hybridized carbons (Fsp3) is 0.500. The first-order valence-corrected chi connectivity index (χ1v) is 7.52. The molecule has 1 spiro atoms. The van der Waals surface area contributed by atoms with Gasteiger partial charge in [-0.1, -0.05) is 25.1 Å². The molecule has 1 saturated carbocycles. The minimum Gasteiger partial charge on any atom is -0.493 e. The van der Waals surface area contributed by atoms with E-state index >= 15 is 0 Å². The molecular weight excluding hydrogens is 266 g/mol. The third-order valence-corrected chi connectivity index (χ3v) is 4.90. The number of ether oxygens (including phenoxy) is 1. The molecule has 1 aromatic carbocycles. The topological polar surface area (TPSA) is 67.9 Å². The fourth-order valence-corrected chi connectivity index (χ4v) is 3.63. The van der Waals surface area contributed by atoms with Crippen molar-refractivity contribution in [1.82, 2.24) is 4.90 Å². The number of carbonyl (C=O) groups excluding carboxylic acids is 1. The fourth-order valence-electron chi connectivity index (χ4n) is 3.63. The highest BCUT2D eigenvalue weighted by Crippen LogP contribution is 2.48.